The average Bonchev–Trinajstić information content (AvgIpc) is 2.28. The lowest BCUT2D eigenvalue weighted by molar-refractivity contribution is -0.120. The lowest BCUT2D eigenvalue weighted by Crippen LogP contribution is -2.39. The van der Waals surface area contributed by atoms with Crippen LogP contribution < -0.4 is 5.32 Å². The van der Waals surface area contributed by atoms with E-state index in [9.17, 15) is 9.59 Å². The number of carbonyl (C=O) groups excluding carboxylic acids is 2. The van der Waals surface area contributed by atoms with Gasteiger partial charge in [-0.15, -0.1) is 0 Å². The summed E-state index contributed by atoms with van der Waals surface area (Å²) in [7, 11) is 0. The minimum atomic E-state index is -0.160. The quantitative estimate of drug-likeness (QED) is 0.842. The summed E-state index contributed by atoms with van der Waals surface area (Å²) in [6.07, 6.45) is 0. The molecule has 0 bridgehead atoms. The summed E-state index contributed by atoms with van der Waals surface area (Å²) in [6.45, 7) is 5.20. The van der Waals surface area contributed by atoms with Gasteiger partial charge in [0.25, 0.3) is 5.91 Å². The SMILES string of the molecule is CC(=O)C(C)C(C)NC(=O)c1ccccc1. The molecule has 0 saturated carbocycles. The highest BCUT2D eigenvalue weighted by molar-refractivity contribution is 5.94. The maximum Gasteiger partial charge on any atom is 0.251 e. The Hall–Kier alpha value is -1.64. The molecule has 0 saturated heterocycles. The molecule has 2 atom stereocenters. The molecule has 2 unspecified atom stereocenters. The molecule has 1 aromatic carbocycles. The van der Waals surface area contributed by atoms with Crippen molar-refractivity contribution < 1.29 is 9.59 Å². The van der Waals surface area contributed by atoms with Crippen molar-refractivity contribution in [1.29, 1.82) is 0 Å². The molecular formula is C13H17NO2. The van der Waals surface area contributed by atoms with Crippen LogP contribution in [0.4, 0.5) is 0 Å². The monoisotopic (exact) mass is 219 g/mol. The van der Waals surface area contributed by atoms with Gasteiger partial charge >= 0.3 is 0 Å². The highest BCUT2D eigenvalue weighted by atomic mass is 16.2. The molecule has 0 heterocycles. The van der Waals surface area contributed by atoms with Crippen molar-refractivity contribution in [3.63, 3.8) is 0 Å². The minimum absolute atomic E-state index is 0.0841. The molecule has 0 radical (unpaired) electrons. The first-order valence-electron chi connectivity index (χ1n) is 5.38. The van der Waals surface area contributed by atoms with Gasteiger partial charge in [0.1, 0.15) is 5.78 Å². The van der Waals surface area contributed by atoms with Gasteiger partial charge in [-0.3, -0.25) is 9.59 Å². The van der Waals surface area contributed by atoms with Crippen LogP contribution >= 0.6 is 0 Å². The van der Waals surface area contributed by atoms with E-state index in [4.69, 9.17) is 0 Å². The fourth-order valence-corrected chi connectivity index (χ4v) is 1.36. The van der Waals surface area contributed by atoms with E-state index in [2.05, 4.69) is 5.32 Å². The number of Topliss-reactive ketones (excluding diaryl/α,β-unsaturated/α-hetero) is 1. The maximum atomic E-state index is 11.8. The molecule has 86 valence electrons. The zero-order valence-electron chi connectivity index (χ0n) is 9.86. The van der Waals surface area contributed by atoms with Crippen molar-refractivity contribution in [2.45, 2.75) is 26.8 Å². The number of benzene rings is 1. The molecule has 1 rings (SSSR count). The van der Waals surface area contributed by atoms with E-state index in [-0.39, 0.29) is 23.7 Å². The van der Waals surface area contributed by atoms with Gasteiger partial charge in [-0.05, 0) is 26.0 Å². The van der Waals surface area contributed by atoms with Crippen LogP contribution in [0.5, 0.6) is 0 Å². The van der Waals surface area contributed by atoms with Crippen LogP contribution in [0.1, 0.15) is 31.1 Å². The molecule has 1 N–H and O–H groups in total. The summed E-state index contributed by atoms with van der Waals surface area (Å²) in [5.74, 6) is -0.213. The number of nitrogens with one attached hydrogen (secondary N) is 1. The number of hydrogen-bond donors (Lipinski definition) is 1. The molecule has 1 amide bonds. The first kappa shape index (κ1) is 12.4. The van der Waals surface area contributed by atoms with E-state index in [1.807, 2.05) is 32.0 Å². The predicted molar refractivity (Wildman–Crippen MR) is 63.2 cm³/mol. The third-order valence-corrected chi connectivity index (χ3v) is 2.79. The van der Waals surface area contributed by atoms with Gasteiger partial charge in [0.15, 0.2) is 0 Å². The summed E-state index contributed by atoms with van der Waals surface area (Å²) < 4.78 is 0. The number of carbonyl (C=O) groups is 2. The topological polar surface area (TPSA) is 46.2 Å². The first-order chi connectivity index (χ1) is 7.52. The van der Waals surface area contributed by atoms with E-state index in [0.29, 0.717) is 5.56 Å². The largest absolute Gasteiger partial charge is 0.349 e. The van der Waals surface area contributed by atoms with Gasteiger partial charge in [-0.2, -0.15) is 0 Å². The Kier molecular flexibility index (Phi) is 4.23. The number of rotatable bonds is 4. The second kappa shape index (κ2) is 5.45. The van der Waals surface area contributed by atoms with E-state index in [1.165, 1.54) is 6.92 Å². The van der Waals surface area contributed by atoms with Crippen molar-refractivity contribution in [3.05, 3.63) is 35.9 Å². The molecule has 0 aliphatic carbocycles. The molecule has 3 nitrogen and oxygen atoms in total. The summed E-state index contributed by atoms with van der Waals surface area (Å²) in [6, 6.07) is 8.84. The molecule has 0 aliphatic rings. The third-order valence-electron chi connectivity index (χ3n) is 2.79. The molecule has 0 fully saturated rings. The first-order valence-corrected chi connectivity index (χ1v) is 5.38. The van der Waals surface area contributed by atoms with Crippen LogP contribution in [0.2, 0.25) is 0 Å². The van der Waals surface area contributed by atoms with Crippen molar-refractivity contribution in [1.82, 2.24) is 5.32 Å². The van der Waals surface area contributed by atoms with E-state index in [1.54, 1.807) is 12.1 Å². The van der Waals surface area contributed by atoms with Gasteiger partial charge in [0, 0.05) is 17.5 Å². The Morgan fingerprint density at radius 2 is 1.69 bits per heavy atom. The highest BCUT2D eigenvalue weighted by Crippen LogP contribution is 2.05. The van der Waals surface area contributed by atoms with Crippen LogP contribution in [0.25, 0.3) is 0 Å². The number of hydrogen-bond acceptors (Lipinski definition) is 2. The van der Waals surface area contributed by atoms with Crippen LogP contribution in [-0.4, -0.2) is 17.7 Å². The van der Waals surface area contributed by atoms with Gasteiger partial charge in [0.2, 0.25) is 0 Å². The minimum Gasteiger partial charge on any atom is -0.349 e. The van der Waals surface area contributed by atoms with Crippen LogP contribution in [0, 0.1) is 5.92 Å². The second-order valence-corrected chi connectivity index (χ2v) is 4.03. The molecule has 0 spiro atoms. The summed E-state index contributed by atoms with van der Waals surface area (Å²) in [5.41, 5.74) is 0.616. The third kappa shape index (κ3) is 3.19. The molecule has 1 aromatic rings. The lowest BCUT2D eigenvalue weighted by atomic mass is 9.99. The fourth-order valence-electron chi connectivity index (χ4n) is 1.36. The van der Waals surface area contributed by atoms with Gasteiger partial charge in [-0.1, -0.05) is 25.1 Å². The van der Waals surface area contributed by atoms with E-state index in [0.717, 1.165) is 0 Å². The van der Waals surface area contributed by atoms with Gasteiger partial charge in [0.05, 0.1) is 0 Å². The summed E-state index contributed by atoms with van der Waals surface area (Å²) in [5, 5.41) is 2.82. The molecule has 0 aromatic heterocycles. The van der Waals surface area contributed by atoms with E-state index < -0.39 is 0 Å². The van der Waals surface area contributed by atoms with Crippen molar-refractivity contribution in [2.75, 3.05) is 0 Å². The van der Waals surface area contributed by atoms with Crippen LogP contribution in [0.3, 0.4) is 0 Å². The molecule has 16 heavy (non-hydrogen) atoms. The molecule has 3 heteroatoms. The normalized spacial score (nSPS) is 13.9. The molecule has 0 aliphatic heterocycles. The molecular weight excluding hydrogens is 202 g/mol. The van der Waals surface area contributed by atoms with Gasteiger partial charge < -0.3 is 5.32 Å². The Balaban J connectivity index is 2.62. The van der Waals surface area contributed by atoms with Crippen molar-refractivity contribution >= 4 is 11.7 Å². The van der Waals surface area contributed by atoms with Crippen molar-refractivity contribution in [3.8, 4) is 0 Å². The lowest BCUT2D eigenvalue weighted by Gasteiger charge is -2.18. The Labute approximate surface area is 95.9 Å². The van der Waals surface area contributed by atoms with Crippen molar-refractivity contribution in [2.24, 2.45) is 5.92 Å². The van der Waals surface area contributed by atoms with Crippen LogP contribution in [0.15, 0.2) is 30.3 Å². The number of amides is 1. The van der Waals surface area contributed by atoms with E-state index >= 15 is 0 Å². The van der Waals surface area contributed by atoms with Gasteiger partial charge in [-0.25, -0.2) is 0 Å². The standard InChI is InChI=1S/C13H17NO2/c1-9(11(3)15)10(2)14-13(16)12-7-5-4-6-8-12/h4-10H,1-3H3,(H,14,16). The fraction of sp³-hybridized carbons (Fsp3) is 0.385. The predicted octanol–water partition coefficient (Wildman–Crippen LogP) is 2.03. The Bertz CT molecular complexity index is 373. The highest BCUT2D eigenvalue weighted by Gasteiger charge is 2.18. The summed E-state index contributed by atoms with van der Waals surface area (Å²) >= 11 is 0. The zero-order valence-corrected chi connectivity index (χ0v) is 9.86. The summed E-state index contributed by atoms with van der Waals surface area (Å²) in [4.78, 5) is 22.9. The maximum absolute atomic E-state index is 11.8. The van der Waals surface area contributed by atoms with Crippen LogP contribution in [-0.2, 0) is 4.79 Å². The Morgan fingerprint density at radius 3 is 2.19 bits per heavy atom. The zero-order chi connectivity index (χ0) is 12.1. The second-order valence-electron chi connectivity index (χ2n) is 4.03. The smallest absolute Gasteiger partial charge is 0.251 e. The number of ketones is 1. The Morgan fingerprint density at radius 1 is 1.12 bits per heavy atom. The average molecular weight is 219 g/mol.